The molecule has 9 heteroatoms. The van der Waals surface area contributed by atoms with Crippen molar-refractivity contribution < 1.29 is 14.6 Å². The molecule has 0 spiro atoms. The van der Waals surface area contributed by atoms with Crippen LogP contribution in [-0.2, 0) is 0 Å². The average molecular weight is 298 g/mol. The van der Waals surface area contributed by atoms with Crippen LogP contribution >= 0.6 is 22.7 Å². The quantitative estimate of drug-likeness (QED) is 0.488. The first-order valence-electron chi connectivity index (χ1n) is 4.94. The van der Waals surface area contributed by atoms with E-state index in [2.05, 4.69) is 0 Å². The van der Waals surface area contributed by atoms with Crippen LogP contribution in [0.1, 0.15) is 16.6 Å². The van der Waals surface area contributed by atoms with Crippen LogP contribution in [0.15, 0.2) is 18.2 Å². The molecule has 19 heavy (non-hydrogen) atoms. The Bertz CT molecular complexity index is 688. The fourth-order valence-electron chi connectivity index (χ4n) is 1.41. The molecule has 0 saturated carbocycles. The molecule has 2 rings (SSSR count). The fraction of sp³-hybridized carbons (Fsp3) is 0.100. The number of hydrogen-bond acceptors (Lipinski definition) is 7. The molecule has 0 aliphatic carbocycles. The third kappa shape index (κ3) is 2.51. The minimum atomic E-state index is -0.593. The molecule has 98 valence electrons. The van der Waals surface area contributed by atoms with Crippen molar-refractivity contribution in [3.8, 4) is 9.75 Å². The van der Waals surface area contributed by atoms with Crippen molar-refractivity contribution in [2.24, 2.45) is 0 Å². The number of ketones is 1. The van der Waals surface area contributed by atoms with E-state index in [-0.39, 0.29) is 26.2 Å². The van der Waals surface area contributed by atoms with E-state index in [4.69, 9.17) is 0 Å². The van der Waals surface area contributed by atoms with Crippen LogP contribution in [0.2, 0.25) is 0 Å². The lowest BCUT2D eigenvalue weighted by molar-refractivity contribution is -0.383. The van der Waals surface area contributed by atoms with Crippen molar-refractivity contribution in [1.82, 2.24) is 0 Å². The lowest BCUT2D eigenvalue weighted by Gasteiger charge is -1.90. The smallest absolute Gasteiger partial charge is 0.294 e. The number of rotatable bonds is 4. The Morgan fingerprint density at radius 3 is 2.32 bits per heavy atom. The van der Waals surface area contributed by atoms with E-state index in [1.165, 1.54) is 25.1 Å². The molecule has 0 aromatic carbocycles. The summed E-state index contributed by atoms with van der Waals surface area (Å²) in [5.74, 6) is -0.273. The summed E-state index contributed by atoms with van der Waals surface area (Å²) < 4.78 is 0. The van der Waals surface area contributed by atoms with E-state index in [1.54, 1.807) is 0 Å². The number of nitro groups is 2. The Kier molecular flexibility index (Phi) is 3.40. The monoisotopic (exact) mass is 298 g/mol. The van der Waals surface area contributed by atoms with Crippen molar-refractivity contribution in [3.05, 3.63) is 43.3 Å². The van der Waals surface area contributed by atoms with Crippen molar-refractivity contribution in [1.29, 1.82) is 0 Å². The van der Waals surface area contributed by atoms with Gasteiger partial charge in [0.05, 0.1) is 19.6 Å². The average Bonchev–Trinajstić information content (AvgIpc) is 2.95. The van der Waals surface area contributed by atoms with Crippen LogP contribution < -0.4 is 0 Å². The van der Waals surface area contributed by atoms with Crippen molar-refractivity contribution in [2.75, 3.05) is 0 Å². The molecule has 2 heterocycles. The van der Waals surface area contributed by atoms with E-state index in [0.29, 0.717) is 4.88 Å². The Balaban J connectivity index is 2.56. The standard InChI is InChI=1S/C10H6N2O5S2/c1-5(13)8-4-6(11(14)15)10(19-8)7-2-3-9(18-7)12(16)17/h2-4H,1H3. The number of hydrogen-bond donors (Lipinski definition) is 0. The molecule has 2 aromatic rings. The maximum absolute atomic E-state index is 11.3. The molecule has 0 radical (unpaired) electrons. The molecule has 0 bridgehead atoms. The lowest BCUT2D eigenvalue weighted by atomic mass is 10.3. The van der Waals surface area contributed by atoms with Crippen LogP contribution in [0.5, 0.6) is 0 Å². The summed E-state index contributed by atoms with van der Waals surface area (Å²) in [7, 11) is 0. The highest BCUT2D eigenvalue weighted by molar-refractivity contribution is 7.24. The van der Waals surface area contributed by atoms with Gasteiger partial charge in [-0.1, -0.05) is 11.3 Å². The van der Waals surface area contributed by atoms with Gasteiger partial charge in [-0.3, -0.25) is 25.0 Å². The van der Waals surface area contributed by atoms with Crippen LogP contribution in [0, 0.1) is 20.2 Å². The molecule has 0 aliphatic heterocycles. The van der Waals surface area contributed by atoms with E-state index in [0.717, 1.165) is 22.7 Å². The number of carbonyl (C=O) groups is 1. The van der Waals surface area contributed by atoms with Crippen molar-refractivity contribution in [3.63, 3.8) is 0 Å². The predicted octanol–water partition coefficient (Wildman–Crippen LogP) is 3.50. The highest BCUT2D eigenvalue weighted by atomic mass is 32.1. The minimum Gasteiger partial charge on any atom is -0.294 e. The zero-order valence-electron chi connectivity index (χ0n) is 9.48. The maximum atomic E-state index is 11.3. The zero-order valence-corrected chi connectivity index (χ0v) is 11.1. The largest absolute Gasteiger partial charge is 0.324 e. The van der Waals surface area contributed by atoms with Gasteiger partial charge in [-0.25, -0.2) is 0 Å². The zero-order chi connectivity index (χ0) is 14.2. The summed E-state index contributed by atoms with van der Waals surface area (Å²) in [4.78, 5) is 32.6. The molecule has 0 saturated heterocycles. The first-order chi connectivity index (χ1) is 8.90. The topological polar surface area (TPSA) is 103 Å². The first-order valence-corrected chi connectivity index (χ1v) is 6.57. The number of nitrogens with zero attached hydrogens (tertiary/aromatic N) is 2. The van der Waals surface area contributed by atoms with Gasteiger partial charge in [0.1, 0.15) is 4.88 Å². The molecule has 7 nitrogen and oxygen atoms in total. The summed E-state index contributed by atoms with van der Waals surface area (Å²) >= 11 is 1.82. The summed E-state index contributed by atoms with van der Waals surface area (Å²) in [5, 5.41) is 21.5. The van der Waals surface area contributed by atoms with Crippen molar-refractivity contribution in [2.45, 2.75) is 6.92 Å². The second kappa shape index (κ2) is 4.86. The van der Waals surface area contributed by atoms with E-state index < -0.39 is 9.85 Å². The molecule has 0 unspecified atom stereocenters. The van der Waals surface area contributed by atoms with Gasteiger partial charge >= 0.3 is 5.00 Å². The molecule has 0 fully saturated rings. The molecule has 2 aromatic heterocycles. The second-order valence-electron chi connectivity index (χ2n) is 3.53. The molecule has 0 amide bonds. The molecule has 0 aliphatic rings. The summed E-state index contributed by atoms with van der Waals surface area (Å²) in [6, 6.07) is 3.94. The van der Waals surface area contributed by atoms with Gasteiger partial charge in [-0.05, 0) is 13.0 Å². The molecular weight excluding hydrogens is 292 g/mol. The van der Waals surface area contributed by atoms with Crippen LogP contribution in [-0.4, -0.2) is 15.6 Å². The number of thiophene rings is 2. The highest BCUT2D eigenvalue weighted by Crippen LogP contribution is 2.43. The van der Waals surface area contributed by atoms with E-state index in [9.17, 15) is 25.0 Å². The Hall–Kier alpha value is -2.13. The predicted molar refractivity (Wildman–Crippen MR) is 70.9 cm³/mol. The van der Waals surface area contributed by atoms with Crippen LogP contribution in [0.25, 0.3) is 9.75 Å². The third-order valence-electron chi connectivity index (χ3n) is 2.25. The highest BCUT2D eigenvalue weighted by Gasteiger charge is 2.24. The van der Waals surface area contributed by atoms with Gasteiger partial charge in [-0.2, -0.15) is 0 Å². The SMILES string of the molecule is CC(=O)c1cc([N+](=O)[O-])c(-c2ccc([N+](=O)[O-])s2)s1. The summed E-state index contributed by atoms with van der Waals surface area (Å²) in [6.45, 7) is 1.32. The first kappa shape index (κ1) is 13.3. The van der Waals surface area contributed by atoms with Crippen LogP contribution in [0.3, 0.4) is 0 Å². The summed E-state index contributed by atoms with van der Waals surface area (Å²) in [6.07, 6.45) is 0. The molecule has 0 N–H and O–H groups in total. The molecule has 0 atom stereocenters. The van der Waals surface area contributed by atoms with Gasteiger partial charge in [0.25, 0.3) is 5.69 Å². The van der Waals surface area contributed by atoms with Crippen molar-refractivity contribution >= 4 is 39.1 Å². The maximum Gasteiger partial charge on any atom is 0.324 e. The number of carbonyl (C=O) groups excluding carboxylic acids is 1. The van der Waals surface area contributed by atoms with Gasteiger partial charge in [-0.15, -0.1) is 11.3 Å². The summed E-state index contributed by atoms with van der Waals surface area (Å²) in [5.41, 5.74) is -0.202. The Labute approximate surface area is 114 Å². The molecular formula is C10H6N2O5S2. The Morgan fingerprint density at radius 1 is 1.16 bits per heavy atom. The normalized spacial score (nSPS) is 10.4. The van der Waals surface area contributed by atoms with Gasteiger partial charge in [0.2, 0.25) is 0 Å². The van der Waals surface area contributed by atoms with E-state index in [1.807, 2.05) is 0 Å². The number of Topliss-reactive ketones (excluding diaryl/α,β-unsaturated/α-hetero) is 1. The van der Waals surface area contributed by atoms with Crippen LogP contribution in [0.4, 0.5) is 10.7 Å². The minimum absolute atomic E-state index is 0.0953. The lowest BCUT2D eigenvalue weighted by Crippen LogP contribution is -1.87. The fourth-order valence-corrected chi connectivity index (χ4v) is 3.38. The third-order valence-corrected chi connectivity index (χ3v) is 4.69. The Morgan fingerprint density at radius 2 is 1.84 bits per heavy atom. The van der Waals surface area contributed by atoms with Gasteiger partial charge in [0.15, 0.2) is 5.78 Å². The van der Waals surface area contributed by atoms with E-state index >= 15 is 0 Å². The second-order valence-corrected chi connectivity index (χ2v) is 5.65. The van der Waals surface area contributed by atoms with Gasteiger partial charge in [0, 0.05) is 12.1 Å². The van der Waals surface area contributed by atoms with Gasteiger partial charge < -0.3 is 0 Å².